The first kappa shape index (κ1) is 11.5. The number of ether oxygens (including phenoxy) is 1. The summed E-state index contributed by atoms with van der Waals surface area (Å²) in [4.78, 5) is 14.3. The van der Waals surface area contributed by atoms with Crippen molar-refractivity contribution in [2.45, 2.75) is 25.9 Å². The maximum atomic E-state index is 12.4. The van der Waals surface area contributed by atoms with Gasteiger partial charge in [0.1, 0.15) is 0 Å². The average Bonchev–Trinajstić information content (AvgIpc) is 2.81. The third-order valence-electron chi connectivity index (χ3n) is 3.77. The van der Waals surface area contributed by atoms with E-state index in [4.69, 9.17) is 10.5 Å². The van der Waals surface area contributed by atoms with Crippen molar-refractivity contribution in [2.75, 3.05) is 18.9 Å². The Hall–Kier alpha value is -1.55. The lowest BCUT2D eigenvalue weighted by molar-refractivity contribution is -0.140. The van der Waals surface area contributed by atoms with Crippen molar-refractivity contribution in [1.29, 1.82) is 0 Å². The van der Waals surface area contributed by atoms with E-state index in [0.29, 0.717) is 19.7 Å². The molecule has 2 heterocycles. The topological polar surface area (TPSA) is 55.6 Å². The van der Waals surface area contributed by atoms with Crippen LogP contribution in [0.1, 0.15) is 24.0 Å². The van der Waals surface area contributed by atoms with Gasteiger partial charge in [0, 0.05) is 25.4 Å². The first-order valence-electron chi connectivity index (χ1n) is 6.48. The summed E-state index contributed by atoms with van der Waals surface area (Å²) in [5, 5.41) is 0. The van der Waals surface area contributed by atoms with Crippen LogP contribution in [0.4, 0.5) is 5.69 Å². The van der Waals surface area contributed by atoms with E-state index in [0.717, 1.165) is 25.1 Å². The standard InChI is InChI=1S/C14H18N2O2/c15-13-4-3-10-7-16(8-12(10)6-13)14(17)11-2-1-5-18-9-11/h3-4,6,11H,1-2,5,7-9,15H2. The fraction of sp³-hybridized carbons (Fsp3) is 0.500. The fourth-order valence-electron chi connectivity index (χ4n) is 2.76. The third-order valence-corrected chi connectivity index (χ3v) is 3.77. The number of rotatable bonds is 1. The van der Waals surface area contributed by atoms with Crippen LogP contribution in [0.5, 0.6) is 0 Å². The molecule has 2 aliphatic rings. The number of amides is 1. The molecule has 18 heavy (non-hydrogen) atoms. The molecule has 0 aromatic heterocycles. The third kappa shape index (κ3) is 2.08. The van der Waals surface area contributed by atoms with Crippen molar-refractivity contribution in [2.24, 2.45) is 5.92 Å². The van der Waals surface area contributed by atoms with Crippen molar-refractivity contribution in [3.8, 4) is 0 Å². The molecule has 2 N–H and O–H groups in total. The zero-order valence-corrected chi connectivity index (χ0v) is 10.4. The summed E-state index contributed by atoms with van der Waals surface area (Å²) in [6.07, 6.45) is 1.94. The van der Waals surface area contributed by atoms with Gasteiger partial charge in [-0.1, -0.05) is 6.07 Å². The minimum atomic E-state index is 0.0467. The number of hydrogen-bond acceptors (Lipinski definition) is 3. The molecule has 1 fully saturated rings. The Bertz CT molecular complexity index is 467. The van der Waals surface area contributed by atoms with E-state index < -0.39 is 0 Å². The Kier molecular flexibility index (Phi) is 2.96. The lowest BCUT2D eigenvalue weighted by Gasteiger charge is -2.26. The SMILES string of the molecule is Nc1ccc2c(c1)CN(C(=O)C1CCCOC1)C2. The minimum Gasteiger partial charge on any atom is -0.399 e. The molecule has 0 bridgehead atoms. The molecular weight excluding hydrogens is 228 g/mol. The predicted octanol–water partition coefficient (Wildman–Crippen LogP) is 1.54. The molecule has 0 spiro atoms. The van der Waals surface area contributed by atoms with Crippen LogP contribution in [-0.4, -0.2) is 24.0 Å². The first-order chi connectivity index (χ1) is 8.74. The number of carbonyl (C=O) groups excluding carboxylic acids is 1. The number of nitrogens with two attached hydrogens (primary N) is 1. The summed E-state index contributed by atoms with van der Waals surface area (Å²) in [7, 11) is 0. The maximum absolute atomic E-state index is 12.4. The van der Waals surface area contributed by atoms with Crippen LogP contribution in [0.25, 0.3) is 0 Å². The molecule has 4 heteroatoms. The molecule has 4 nitrogen and oxygen atoms in total. The lowest BCUT2D eigenvalue weighted by atomic mass is 10.0. The number of hydrogen-bond donors (Lipinski definition) is 1. The normalized spacial score (nSPS) is 22.9. The Balaban J connectivity index is 1.71. The highest BCUT2D eigenvalue weighted by molar-refractivity contribution is 5.79. The quantitative estimate of drug-likeness (QED) is 0.765. The summed E-state index contributed by atoms with van der Waals surface area (Å²) in [6.45, 7) is 2.77. The van der Waals surface area contributed by atoms with E-state index in [1.54, 1.807) is 0 Å². The van der Waals surface area contributed by atoms with E-state index >= 15 is 0 Å². The largest absolute Gasteiger partial charge is 0.399 e. The van der Waals surface area contributed by atoms with Gasteiger partial charge in [-0.15, -0.1) is 0 Å². The summed E-state index contributed by atoms with van der Waals surface area (Å²) in [6, 6.07) is 5.89. The smallest absolute Gasteiger partial charge is 0.228 e. The Morgan fingerprint density at radius 1 is 1.33 bits per heavy atom. The van der Waals surface area contributed by atoms with Gasteiger partial charge in [-0.3, -0.25) is 4.79 Å². The van der Waals surface area contributed by atoms with Crippen molar-refractivity contribution in [3.63, 3.8) is 0 Å². The van der Waals surface area contributed by atoms with Gasteiger partial charge in [-0.05, 0) is 36.1 Å². The zero-order chi connectivity index (χ0) is 12.5. The lowest BCUT2D eigenvalue weighted by Crippen LogP contribution is -2.36. The van der Waals surface area contributed by atoms with Crippen LogP contribution in [0.3, 0.4) is 0 Å². The molecule has 1 amide bonds. The van der Waals surface area contributed by atoms with Crippen molar-refractivity contribution in [3.05, 3.63) is 29.3 Å². The van der Waals surface area contributed by atoms with Gasteiger partial charge in [-0.2, -0.15) is 0 Å². The van der Waals surface area contributed by atoms with Gasteiger partial charge < -0.3 is 15.4 Å². The number of carbonyl (C=O) groups is 1. The summed E-state index contributed by atoms with van der Waals surface area (Å²) < 4.78 is 5.39. The predicted molar refractivity (Wildman–Crippen MR) is 68.7 cm³/mol. The van der Waals surface area contributed by atoms with Gasteiger partial charge in [0.2, 0.25) is 5.91 Å². The van der Waals surface area contributed by atoms with Crippen LogP contribution >= 0.6 is 0 Å². The van der Waals surface area contributed by atoms with E-state index in [-0.39, 0.29) is 11.8 Å². The monoisotopic (exact) mass is 246 g/mol. The first-order valence-corrected chi connectivity index (χ1v) is 6.48. The van der Waals surface area contributed by atoms with Gasteiger partial charge in [0.25, 0.3) is 0 Å². The van der Waals surface area contributed by atoms with Crippen LogP contribution < -0.4 is 5.73 Å². The molecule has 0 radical (unpaired) electrons. The Morgan fingerprint density at radius 3 is 2.94 bits per heavy atom. The molecule has 1 unspecified atom stereocenters. The van der Waals surface area contributed by atoms with Crippen LogP contribution in [0.2, 0.25) is 0 Å². The molecule has 0 saturated carbocycles. The molecule has 1 saturated heterocycles. The average molecular weight is 246 g/mol. The number of nitrogen functional groups attached to an aromatic ring is 1. The number of benzene rings is 1. The molecule has 2 aliphatic heterocycles. The van der Waals surface area contributed by atoms with Crippen LogP contribution in [-0.2, 0) is 22.6 Å². The van der Waals surface area contributed by atoms with Gasteiger partial charge in [0.05, 0.1) is 12.5 Å². The number of nitrogens with zero attached hydrogens (tertiary/aromatic N) is 1. The molecule has 1 aromatic carbocycles. The number of anilines is 1. The number of fused-ring (bicyclic) bond motifs is 1. The minimum absolute atomic E-state index is 0.0467. The van der Waals surface area contributed by atoms with Crippen LogP contribution in [0.15, 0.2) is 18.2 Å². The van der Waals surface area contributed by atoms with Crippen LogP contribution in [0, 0.1) is 5.92 Å². The molecule has 96 valence electrons. The van der Waals surface area contributed by atoms with Crippen molar-refractivity contribution < 1.29 is 9.53 Å². The van der Waals surface area contributed by atoms with E-state index in [1.807, 2.05) is 23.1 Å². The van der Waals surface area contributed by atoms with Gasteiger partial charge in [-0.25, -0.2) is 0 Å². The Labute approximate surface area is 107 Å². The Morgan fingerprint density at radius 2 is 2.17 bits per heavy atom. The van der Waals surface area contributed by atoms with E-state index in [2.05, 4.69) is 0 Å². The van der Waals surface area contributed by atoms with Crippen molar-refractivity contribution >= 4 is 11.6 Å². The summed E-state index contributed by atoms with van der Waals surface area (Å²) in [5.41, 5.74) is 8.94. The zero-order valence-electron chi connectivity index (χ0n) is 10.4. The highest BCUT2D eigenvalue weighted by Crippen LogP contribution is 2.27. The van der Waals surface area contributed by atoms with Gasteiger partial charge >= 0.3 is 0 Å². The summed E-state index contributed by atoms with van der Waals surface area (Å²) >= 11 is 0. The molecule has 1 atom stereocenters. The molecular formula is C14H18N2O2. The maximum Gasteiger partial charge on any atom is 0.228 e. The molecule has 0 aliphatic carbocycles. The summed E-state index contributed by atoms with van der Waals surface area (Å²) in [5.74, 6) is 0.273. The van der Waals surface area contributed by atoms with Gasteiger partial charge in [0.15, 0.2) is 0 Å². The highest BCUT2D eigenvalue weighted by atomic mass is 16.5. The second-order valence-corrected chi connectivity index (χ2v) is 5.14. The second-order valence-electron chi connectivity index (χ2n) is 5.14. The highest BCUT2D eigenvalue weighted by Gasteiger charge is 2.30. The van der Waals surface area contributed by atoms with Crippen molar-refractivity contribution in [1.82, 2.24) is 4.90 Å². The molecule has 1 aromatic rings. The second kappa shape index (κ2) is 4.61. The van der Waals surface area contributed by atoms with E-state index in [9.17, 15) is 4.79 Å². The fourth-order valence-corrected chi connectivity index (χ4v) is 2.76. The molecule has 3 rings (SSSR count). The van der Waals surface area contributed by atoms with E-state index in [1.165, 1.54) is 11.1 Å².